The van der Waals surface area contributed by atoms with Gasteiger partial charge in [0.05, 0.1) is 30.4 Å². The van der Waals surface area contributed by atoms with Crippen LogP contribution in [0, 0.1) is 6.92 Å². The summed E-state index contributed by atoms with van der Waals surface area (Å²) in [7, 11) is 1.63. The molecule has 9 nitrogen and oxygen atoms in total. The van der Waals surface area contributed by atoms with Crippen LogP contribution >= 0.6 is 0 Å². The number of anilines is 1. The van der Waals surface area contributed by atoms with Crippen molar-refractivity contribution in [1.29, 1.82) is 0 Å². The van der Waals surface area contributed by atoms with Gasteiger partial charge in [-0.2, -0.15) is 5.10 Å². The Kier molecular flexibility index (Phi) is 4.79. The SMILES string of the molecule is COCCn1nc(NC(=O)c2ccoc2C)c2cc(-c3ccc4c(c3)OCO4)cnc21. The molecule has 0 spiro atoms. The van der Waals surface area contributed by atoms with Gasteiger partial charge in [-0.25, -0.2) is 9.67 Å². The third-order valence-electron chi connectivity index (χ3n) is 5.14. The Hall–Kier alpha value is -3.85. The number of benzene rings is 1. The van der Waals surface area contributed by atoms with Gasteiger partial charge in [-0.05, 0) is 36.8 Å². The highest BCUT2D eigenvalue weighted by Gasteiger charge is 2.19. The summed E-state index contributed by atoms with van der Waals surface area (Å²) in [6, 6.07) is 9.31. The number of furan rings is 1. The minimum absolute atomic E-state index is 0.214. The molecule has 0 unspecified atom stereocenters. The highest BCUT2D eigenvalue weighted by atomic mass is 16.7. The van der Waals surface area contributed by atoms with Crippen molar-refractivity contribution in [3.05, 3.63) is 54.1 Å². The van der Waals surface area contributed by atoms with Crippen LogP contribution in [0.5, 0.6) is 11.5 Å². The Labute approximate surface area is 177 Å². The number of hydrogen-bond donors (Lipinski definition) is 1. The minimum atomic E-state index is -0.293. The van der Waals surface area contributed by atoms with E-state index in [1.54, 1.807) is 31.0 Å². The van der Waals surface area contributed by atoms with Crippen LogP contribution in [0.2, 0.25) is 0 Å². The summed E-state index contributed by atoms with van der Waals surface area (Å²) in [4.78, 5) is 17.4. The highest BCUT2D eigenvalue weighted by Crippen LogP contribution is 2.37. The van der Waals surface area contributed by atoms with E-state index in [9.17, 15) is 4.79 Å². The molecule has 0 aliphatic carbocycles. The number of ether oxygens (including phenoxy) is 3. The number of aromatic nitrogens is 3. The lowest BCUT2D eigenvalue weighted by atomic mass is 10.1. The van der Waals surface area contributed by atoms with Gasteiger partial charge in [0.15, 0.2) is 23.0 Å². The standard InChI is InChI=1S/C22H20N4O5/c1-13-16(5-7-29-13)22(27)24-20-17-9-15(11-23-21(17)26(25-20)6-8-28-2)14-3-4-18-19(10-14)31-12-30-18/h3-5,7,9-11H,6,8,12H2,1-2H3,(H,24,25,27). The van der Waals surface area contributed by atoms with E-state index in [4.69, 9.17) is 18.6 Å². The monoisotopic (exact) mass is 420 g/mol. The molecule has 0 radical (unpaired) electrons. The molecule has 0 atom stereocenters. The first kappa shape index (κ1) is 19.1. The predicted octanol–water partition coefficient (Wildman–Crippen LogP) is 3.63. The number of nitrogens with zero attached hydrogens (tertiary/aromatic N) is 3. The van der Waals surface area contributed by atoms with Gasteiger partial charge in [-0.1, -0.05) is 6.07 Å². The Morgan fingerprint density at radius 3 is 2.87 bits per heavy atom. The number of hydrogen-bond acceptors (Lipinski definition) is 7. The van der Waals surface area contributed by atoms with Gasteiger partial charge in [-0.3, -0.25) is 4.79 Å². The second kappa shape index (κ2) is 7.77. The highest BCUT2D eigenvalue weighted by molar-refractivity contribution is 6.08. The molecule has 5 rings (SSSR count). The fourth-order valence-electron chi connectivity index (χ4n) is 3.51. The van der Waals surface area contributed by atoms with Gasteiger partial charge >= 0.3 is 0 Å². The maximum absolute atomic E-state index is 12.7. The number of aryl methyl sites for hydroxylation is 1. The van der Waals surface area contributed by atoms with E-state index < -0.39 is 0 Å². The zero-order valence-electron chi connectivity index (χ0n) is 17.0. The third kappa shape index (κ3) is 3.49. The largest absolute Gasteiger partial charge is 0.469 e. The summed E-state index contributed by atoms with van der Waals surface area (Å²) in [5.41, 5.74) is 2.90. The summed E-state index contributed by atoms with van der Waals surface area (Å²) in [5, 5.41) is 8.18. The smallest absolute Gasteiger partial charge is 0.260 e. The zero-order chi connectivity index (χ0) is 21.4. The van der Waals surface area contributed by atoms with Crippen LogP contribution in [0.25, 0.3) is 22.2 Å². The number of carbonyl (C=O) groups is 1. The van der Waals surface area contributed by atoms with Crippen LogP contribution in [-0.2, 0) is 11.3 Å². The van der Waals surface area contributed by atoms with Gasteiger partial charge in [0.25, 0.3) is 5.91 Å². The first-order chi connectivity index (χ1) is 15.1. The Bertz CT molecular complexity index is 1280. The number of carbonyl (C=O) groups excluding carboxylic acids is 1. The number of rotatable bonds is 6. The number of amides is 1. The van der Waals surface area contributed by atoms with Crippen LogP contribution < -0.4 is 14.8 Å². The van der Waals surface area contributed by atoms with Crippen molar-refractivity contribution in [2.24, 2.45) is 0 Å². The predicted molar refractivity (Wildman–Crippen MR) is 112 cm³/mol. The van der Waals surface area contributed by atoms with Crippen LogP contribution in [0.15, 0.2) is 47.2 Å². The van der Waals surface area contributed by atoms with Gasteiger partial charge in [0.1, 0.15) is 5.76 Å². The molecular formula is C22H20N4O5. The maximum atomic E-state index is 12.7. The molecule has 1 N–H and O–H groups in total. The molecule has 0 fully saturated rings. The molecule has 0 bridgehead atoms. The summed E-state index contributed by atoms with van der Waals surface area (Å²) >= 11 is 0. The van der Waals surface area contributed by atoms with E-state index in [0.29, 0.717) is 47.4 Å². The van der Waals surface area contributed by atoms with E-state index in [1.807, 2.05) is 24.3 Å². The van der Waals surface area contributed by atoms with Crippen LogP contribution in [-0.4, -0.2) is 41.2 Å². The van der Waals surface area contributed by atoms with E-state index in [-0.39, 0.29) is 12.7 Å². The lowest BCUT2D eigenvalue weighted by molar-refractivity contribution is 0.102. The number of fused-ring (bicyclic) bond motifs is 2. The van der Waals surface area contributed by atoms with Gasteiger partial charge < -0.3 is 23.9 Å². The third-order valence-corrected chi connectivity index (χ3v) is 5.14. The fraction of sp³-hybridized carbons (Fsp3) is 0.227. The van der Waals surface area contributed by atoms with E-state index >= 15 is 0 Å². The van der Waals surface area contributed by atoms with Crippen LogP contribution in [0.1, 0.15) is 16.1 Å². The van der Waals surface area contributed by atoms with Crippen molar-refractivity contribution in [2.45, 2.75) is 13.5 Å². The van der Waals surface area contributed by atoms with E-state index in [1.165, 1.54) is 6.26 Å². The second-order valence-corrected chi connectivity index (χ2v) is 7.07. The Balaban J connectivity index is 1.56. The number of methoxy groups -OCH3 is 1. The molecule has 4 aromatic rings. The van der Waals surface area contributed by atoms with Crippen molar-refractivity contribution in [2.75, 3.05) is 25.8 Å². The molecule has 1 aliphatic heterocycles. The van der Waals surface area contributed by atoms with Crippen molar-refractivity contribution >= 4 is 22.8 Å². The molecule has 1 amide bonds. The molecule has 31 heavy (non-hydrogen) atoms. The van der Waals surface area contributed by atoms with Crippen LogP contribution in [0.4, 0.5) is 5.82 Å². The normalized spacial score (nSPS) is 12.5. The van der Waals surface area contributed by atoms with Crippen molar-refractivity contribution in [1.82, 2.24) is 14.8 Å². The average molecular weight is 420 g/mol. The minimum Gasteiger partial charge on any atom is -0.469 e. The van der Waals surface area contributed by atoms with Crippen molar-refractivity contribution in [3.8, 4) is 22.6 Å². The average Bonchev–Trinajstić information content (AvgIpc) is 3.50. The summed E-state index contributed by atoms with van der Waals surface area (Å²) in [5.74, 6) is 2.08. The maximum Gasteiger partial charge on any atom is 0.260 e. The zero-order valence-corrected chi connectivity index (χ0v) is 17.0. The second-order valence-electron chi connectivity index (χ2n) is 7.07. The lowest BCUT2D eigenvalue weighted by Gasteiger charge is -2.05. The summed E-state index contributed by atoms with van der Waals surface area (Å²) < 4.78 is 23.0. The molecule has 0 saturated heterocycles. The molecule has 1 aliphatic rings. The molecule has 1 aromatic carbocycles. The lowest BCUT2D eigenvalue weighted by Crippen LogP contribution is -2.13. The number of pyridine rings is 1. The van der Waals surface area contributed by atoms with Crippen molar-refractivity contribution < 1.29 is 23.4 Å². The van der Waals surface area contributed by atoms with Gasteiger partial charge in [-0.15, -0.1) is 0 Å². The van der Waals surface area contributed by atoms with Crippen LogP contribution in [0.3, 0.4) is 0 Å². The first-order valence-corrected chi connectivity index (χ1v) is 9.75. The number of nitrogens with one attached hydrogen (secondary N) is 1. The summed E-state index contributed by atoms with van der Waals surface area (Å²) in [6.45, 7) is 2.93. The van der Waals surface area contributed by atoms with Gasteiger partial charge in [0, 0.05) is 18.9 Å². The summed E-state index contributed by atoms with van der Waals surface area (Å²) in [6.07, 6.45) is 3.26. The topological polar surface area (TPSA) is 101 Å². The van der Waals surface area contributed by atoms with E-state index in [2.05, 4.69) is 15.4 Å². The molecule has 0 saturated carbocycles. The van der Waals surface area contributed by atoms with E-state index in [0.717, 1.165) is 16.5 Å². The fourth-order valence-corrected chi connectivity index (χ4v) is 3.51. The molecule has 9 heteroatoms. The molecule has 3 aromatic heterocycles. The molecule has 158 valence electrons. The van der Waals surface area contributed by atoms with Crippen molar-refractivity contribution in [3.63, 3.8) is 0 Å². The molecule has 4 heterocycles. The Morgan fingerprint density at radius 1 is 1.19 bits per heavy atom. The molecular weight excluding hydrogens is 400 g/mol. The first-order valence-electron chi connectivity index (χ1n) is 9.75. The quantitative estimate of drug-likeness (QED) is 0.508. The van der Waals surface area contributed by atoms with Gasteiger partial charge in [0.2, 0.25) is 6.79 Å². The Morgan fingerprint density at radius 2 is 2.06 bits per heavy atom.